The molecule has 56 heavy (non-hydrogen) atoms. The van der Waals surface area contributed by atoms with Crippen LogP contribution in [0.25, 0.3) is 0 Å². The number of aliphatic hydroxyl groups is 2. The standard InChI is InChI=1S/C43H49NO12/c1-28(46)44-35-39(55-41(48)32-21-13-6-14-22-32)38(33(23-45)53-42(35)49-2)56-43-36(47)40(52-26-31-19-11-5-12-20-31)37(51-25-30-17-9-4-10-18-30)34(54-43)27-50-24-29-15-7-3-8-16-29/h3-22,33-40,42-43,45,47H,23-27H2,1-2H3,(H,44,46)/t33-,34-,35-,36-,37-,38-,39-,40-,42-,43-/m1/s1. The quantitative estimate of drug-likeness (QED) is 0.133. The minimum absolute atomic E-state index is 0.0173. The highest BCUT2D eigenvalue weighted by molar-refractivity contribution is 5.89. The summed E-state index contributed by atoms with van der Waals surface area (Å²) in [4.78, 5) is 26.0. The molecular weight excluding hydrogens is 722 g/mol. The van der Waals surface area contributed by atoms with Crippen LogP contribution in [-0.2, 0) is 62.5 Å². The molecule has 3 N–H and O–H groups in total. The minimum Gasteiger partial charge on any atom is -0.453 e. The molecule has 4 aromatic rings. The van der Waals surface area contributed by atoms with Crippen molar-refractivity contribution in [3.05, 3.63) is 144 Å². The number of hydrogen-bond donors (Lipinski definition) is 3. The summed E-state index contributed by atoms with van der Waals surface area (Å²) in [5.74, 6) is -1.18. The first-order valence-corrected chi connectivity index (χ1v) is 18.6. The monoisotopic (exact) mass is 771 g/mol. The molecule has 2 heterocycles. The molecule has 0 aromatic heterocycles. The topological polar surface area (TPSA) is 160 Å². The fraction of sp³-hybridized carbons (Fsp3) is 0.395. The van der Waals surface area contributed by atoms with E-state index in [1.165, 1.54) is 14.0 Å². The van der Waals surface area contributed by atoms with Crippen LogP contribution in [0.4, 0.5) is 0 Å². The Labute approximate surface area is 326 Å². The first-order valence-electron chi connectivity index (χ1n) is 18.6. The van der Waals surface area contributed by atoms with Gasteiger partial charge in [-0.1, -0.05) is 109 Å². The summed E-state index contributed by atoms with van der Waals surface area (Å²) in [7, 11) is 1.36. The fourth-order valence-corrected chi connectivity index (χ4v) is 6.80. The summed E-state index contributed by atoms with van der Waals surface area (Å²) in [5, 5.41) is 25.5. The summed E-state index contributed by atoms with van der Waals surface area (Å²) in [5.41, 5.74) is 2.95. The van der Waals surface area contributed by atoms with Crippen molar-refractivity contribution in [2.45, 2.75) is 88.1 Å². The number of amides is 1. The van der Waals surface area contributed by atoms with E-state index in [1.54, 1.807) is 30.3 Å². The van der Waals surface area contributed by atoms with Crippen LogP contribution < -0.4 is 5.32 Å². The van der Waals surface area contributed by atoms with Gasteiger partial charge in [-0.05, 0) is 28.8 Å². The number of nitrogens with one attached hydrogen (secondary N) is 1. The number of carbonyl (C=O) groups excluding carboxylic acids is 2. The van der Waals surface area contributed by atoms with Crippen molar-refractivity contribution in [2.24, 2.45) is 0 Å². The maximum absolute atomic E-state index is 13.6. The zero-order valence-electron chi connectivity index (χ0n) is 31.3. The highest BCUT2D eigenvalue weighted by Gasteiger charge is 2.54. The average Bonchev–Trinajstić information content (AvgIpc) is 3.23. The van der Waals surface area contributed by atoms with E-state index >= 15 is 0 Å². The van der Waals surface area contributed by atoms with Gasteiger partial charge in [-0.25, -0.2) is 4.79 Å². The van der Waals surface area contributed by atoms with Gasteiger partial charge >= 0.3 is 5.97 Å². The zero-order valence-corrected chi connectivity index (χ0v) is 31.3. The Balaban J connectivity index is 1.32. The second-order valence-corrected chi connectivity index (χ2v) is 13.6. The molecule has 4 aromatic carbocycles. The van der Waals surface area contributed by atoms with Gasteiger partial charge < -0.3 is 53.4 Å². The molecule has 0 spiro atoms. The van der Waals surface area contributed by atoms with Crippen LogP contribution in [0.15, 0.2) is 121 Å². The molecule has 2 fully saturated rings. The van der Waals surface area contributed by atoms with Crippen LogP contribution in [-0.4, -0.2) is 104 Å². The van der Waals surface area contributed by atoms with E-state index in [2.05, 4.69) is 5.32 Å². The van der Waals surface area contributed by atoms with Gasteiger partial charge in [0.1, 0.15) is 42.7 Å². The van der Waals surface area contributed by atoms with Gasteiger partial charge in [-0.15, -0.1) is 0 Å². The number of esters is 1. The minimum atomic E-state index is -1.48. The van der Waals surface area contributed by atoms with E-state index in [0.717, 1.165) is 16.7 Å². The van der Waals surface area contributed by atoms with E-state index in [0.29, 0.717) is 0 Å². The van der Waals surface area contributed by atoms with E-state index in [1.807, 2.05) is 91.0 Å². The molecule has 298 valence electrons. The fourth-order valence-electron chi connectivity index (χ4n) is 6.80. The third kappa shape index (κ3) is 10.9. The summed E-state index contributed by atoms with van der Waals surface area (Å²) in [6, 6.07) is 35.9. The second-order valence-electron chi connectivity index (χ2n) is 13.6. The summed E-state index contributed by atoms with van der Waals surface area (Å²) in [6.45, 7) is 1.30. The van der Waals surface area contributed by atoms with Crippen LogP contribution in [0.1, 0.15) is 34.0 Å². The van der Waals surface area contributed by atoms with Crippen molar-refractivity contribution < 1.29 is 57.7 Å². The third-order valence-electron chi connectivity index (χ3n) is 9.55. The Morgan fingerprint density at radius 2 is 1.18 bits per heavy atom. The molecule has 0 bridgehead atoms. The summed E-state index contributed by atoms with van der Waals surface area (Å²) in [6.07, 6.45) is -10.5. The highest BCUT2D eigenvalue weighted by atomic mass is 16.7. The average molecular weight is 772 g/mol. The number of hydrogen-bond acceptors (Lipinski definition) is 12. The van der Waals surface area contributed by atoms with Crippen LogP contribution in [0, 0.1) is 0 Å². The smallest absolute Gasteiger partial charge is 0.338 e. The molecule has 0 radical (unpaired) electrons. The lowest BCUT2D eigenvalue weighted by atomic mass is 9.94. The molecule has 0 unspecified atom stereocenters. The molecule has 2 saturated heterocycles. The summed E-state index contributed by atoms with van der Waals surface area (Å²) >= 11 is 0. The Kier molecular flexibility index (Phi) is 15.1. The van der Waals surface area contributed by atoms with Crippen LogP contribution in [0.2, 0.25) is 0 Å². The highest BCUT2D eigenvalue weighted by Crippen LogP contribution is 2.34. The summed E-state index contributed by atoms with van der Waals surface area (Å²) < 4.78 is 49.9. The number of ether oxygens (including phenoxy) is 8. The molecule has 13 nitrogen and oxygen atoms in total. The largest absolute Gasteiger partial charge is 0.453 e. The molecule has 0 aliphatic carbocycles. The SMILES string of the molecule is CO[C@@H]1O[C@H](CO)[C@@H](O[C@H]2O[C@H](COCc3ccccc3)[C@@H](OCc3ccccc3)[C@H](OCc3ccccc3)[C@H]2O)[C@H](OC(=O)c2ccccc2)[C@H]1NC(C)=O. The van der Waals surface area contributed by atoms with Gasteiger partial charge in [0.2, 0.25) is 5.91 Å². The van der Waals surface area contributed by atoms with Crippen LogP contribution in [0.3, 0.4) is 0 Å². The maximum Gasteiger partial charge on any atom is 0.338 e. The van der Waals surface area contributed by atoms with E-state index in [9.17, 15) is 19.8 Å². The first-order chi connectivity index (χ1) is 27.3. The van der Waals surface area contributed by atoms with Crippen molar-refractivity contribution in [3.8, 4) is 0 Å². The Hall–Kier alpha value is -4.54. The maximum atomic E-state index is 13.6. The van der Waals surface area contributed by atoms with E-state index < -0.39 is 79.8 Å². The van der Waals surface area contributed by atoms with Crippen LogP contribution in [0.5, 0.6) is 0 Å². The lowest BCUT2D eigenvalue weighted by molar-refractivity contribution is -0.355. The number of carbonyl (C=O) groups is 2. The van der Waals surface area contributed by atoms with Crippen molar-refractivity contribution in [1.29, 1.82) is 0 Å². The number of methoxy groups -OCH3 is 1. The van der Waals surface area contributed by atoms with Gasteiger partial charge in [0.05, 0.1) is 38.6 Å². The van der Waals surface area contributed by atoms with Crippen molar-refractivity contribution in [3.63, 3.8) is 0 Å². The molecule has 1 amide bonds. The predicted molar refractivity (Wildman–Crippen MR) is 202 cm³/mol. The molecule has 6 rings (SSSR count). The predicted octanol–water partition coefficient (Wildman–Crippen LogP) is 3.94. The van der Waals surface area contributed by atoms with Gasteiger partial charge in [0, 0.05) is 14.0 Å². The molecular formula is C43H49NO12. The van der Waals surface area contributed by atoms with Gasteiger partial charge in [0.25, 0.3) is 0 Å². The Bertz CT molecular complexity index is 1770. The number of rotatable bonds is 17. The third-order valence-corrected chi connectivity index (χ3v) is 9.55. The zero-order chi connectivity index (χ0) is 39.3. The molecule has 10 atom stereocenters. The Morgan fingerprint density at radius 1 is 0.661 bits per heavy atom. The van der Waals surface area contributed by atoms with E-state index in [-0.39, 0.29) is 32.0 Å². The van der Waals surface area contributed by atoms with E-state index in [4.69, 9.17) is 37.9 Å². The first kappa shape index (κ1) is 41.1. The molecule has 13 heteroatoms. The molecule has 2 aliphatic rings. The van der Waals surface area contributed by atoms with Crippen molar-refractivity contribution >= 4 is 11.9 Å². The second kappa shape index (κ2) is 20.6. The van der Waals surface area contributed by atoms with Crippen molar-refractivity contribution in [2.75, 3.05) is 20.3 Å². The lowest BCUT2D eigenvalue weighted by Gasteiger charge is -2.49. The Morgan fingerprint density at radius 3 is 1.71 bits per heavy atom. The molecule has 0 saturated carbocycles. The van der Waals surface area contributed by atoms with Crippen molar-refractivity contribution in [1.82, 2.24) is 5.32 Å². The normalized spacial score (nSPS) is 27.6. The lowest BCUT2D eigenvalue weighted by Crippen LogP contribution is -2.68. The number of aliphatic hydroxyl groups excluding tert-OH is 2. The van der Waals surface area contributed by atoms with Gasteiger partial charge in [0.15, 0.2) is 18.7 Å². The van der Waals surface area contributed by atoms with Gasteiger partial charge in [-0.3, -0.25) is 4.79 Å². The van der Waals surface area contributed by atoms with Gasteiger partial charge in [-0.2, -0.15) is 0 Å². The number of benzene rings is 4. The molecule has 2 aliphatic heterocycles. The van der Waals surface area contributed by atoms with Crippen LogP contribution >= 0.6 is 0 Å².